The van der Waals surface area contributed by atoms with Gasteiger partial charge in [-0.3, -0.25) is 14.6 Å². The Kier molecular flexibility index (Phi) is 10.4. The van der Waals surface area contributed by atoms with Gasteiger partial charge in [0.05, 0.1) is 46.0 Å². The molecule has 0 radical (unpaired) electrons. The molecule has 42 heavy (non-hydrogen) atoms. The minimum atomic E-state index is -0.319. The first kappa shape index (κ1) is 30.4. The van der Waals surface area contributed by atoms with Gasteiger partial charge in [-0.15, -0.1) is 11.8 Å². The maximum Gasteiger partial charge on any atom is 0.248 e. The number of likely N-dealkylation sites (N-methyl/N-ethyl adjacent to an activating group) is 1. The lowest BCUT2D eigenvalue weighted by molar-refractivity contribution is -0.114. The van der Waals surface area contributed by atoms with Gasteiger partial charge in [0.2, 0.25) is 11.8 Å². The van der Waals surface area contributed by atoms with E-state index in [9.17, 15) is 14.9 Å². The first-order valence-corrected chi connectivity index (χ1v) is 14.2. The second kappa shape index (κ2) is 14.4. The summed E-state index contributed by atoms with van der Waals surface area (Å²) in [5, 5.41) is 19.7. The third-order valence-electron chi connectivity index (χ3n) is 5.93. The number of carbonyl (C=O) groups excluding carboxylic acids is 2. The first-order chi connectivity index (χ1) is 20.3. The Morgan fingerprint density at radius 1 is 1.10 bits per heavy atom. The Morgan fingerprint density at radius 3 is 2.57 bits per heavy atom. The van der Waals surface area contributed by atoms with Gasteiger partial charge >= 0.3 is 0 Å². The number of hydrogen-bond donors (Lipinski definition) is 3. The van der Waals surface area contributed by atoms with Gasteiger partial charge in [0.15, 0.2) is 0 Å². The van der Waals surface area contributed by atoms with Crippen molar-refractivity contribution < 1.29 is 14.3 Å². The number of amides is 2. The highest BCUT2D eigenvalue weighted by Gasteiger charge is 2.16. The van der Waals surface area contributed by atoms with Gasteiger partial charge in [-0.25, -0.2) is 0 Å². The summed E-state index contributed by atoms with van der Waals surface area (Å²) in [5.41, 5.74) is 2.82. The van der Waals surface area contributed by atoms with Gasteiger partial charge in [-0.1, -0.05) is 35.9 Å². The van der Waals surface area contributed by atoms with Crippen LogP contribution in [0.25, 0.3) is 10.9 Å². The molecule has 0 bridgehead atoms. The van der Waals surface area contributed by atoms with Crippen molar-refractivity contribution in [2.24, 2.45) is 0 Å². The maximum absolute atomic E-state index is 12.6. The summed E-state index contributed by atoms with van der Waals surface area (Å²) in [6.45, 7) is 0.615. The van der Waals surface area contributed by atoms with Crippen molar-refractivity contribution in [2.75, 3.05) is 49.5 Å². The van der Waals surface area contributed by atoms with E-state index in [4.69, 9.17) is 16.3 Å². The number of nitriles is 1. The number of methoxy groups -OCH3 is 1. The molecule has 0 saturated carbocycles. The molecule has 0 saturated heterocycles. The normalized spacial score (nSPS) is 11.0. The van der Waals surface area contributed by atoms with Crippen LogP contribution in [0, 0.1) is 11.3 Å². The molecular weight excluding hydrogens is 572 g/mol. The predicted octanol–water partition coefficient (Wildman–Crippen LogP) is 6.30. The van der Waals surface area contributed by atoms with Gasteiger partial charge in [0.25, 0.3) is 0 Å². The summed E-state index contributed by atoms with van der Waals surface area (Å²) < 4.78 is 5.49. The number of anilines is 4. The van der Waals surface area contributed by atoms with Crippen molar-refractivity contribution in [1.82, 2.24) is 9.88 Å². The highest BCUT2D eigenvalue weighted by molar-refractivity contribution is 8.00. The second-order valence-corrected chi connectivity index (χ2v) is 10.8. The van der Waals surface area contributed by atoms with Crippen LogP contribution in [-0.2, 0) is 9.59 Å². The molecule has 3 N–H and O–H groups in total. The molecule has 0 unspecified atom stereocenters. The Bertz CT molecular complexity index is 1670. The van der Waals surface area contributed by atoms with Crippen LogP contribution >= 0.6 is 23.4 Å². The van der Waals surface area contributed by atoms with Crippen LogP contribution < -0.4 is 20.7 Å². The molecule has 2 amide bonds. The summed E-state index contributed by atoms with van der Waals surface area (Å²) >= 11 is 7.95. The van der Waals surface area contributed by atoms with Crippen LogP contribution in [0.2, 0.25) is 5.02 Å². The van der Waals surface area contributed by atoms with Gasteiger partial charge in [-0.05, 0) is 50.5 Å². The van der Waals surface area contributed by atoms with Crippen molar-refractivity contribution in [3.05, 3.63) is 89.6 Å². The largest absolute Gasteiger partial charge is 0.494 e. The van der Waals surface area contributed by atoms with Gasteiger partial charge in [-0.2, -0.15) is 5.26 Å². The first-order valence-electron chi connectivity index (χ1n) is 12.8. The third kappa shape index (κ3) is 8.01. The molecule has 0 fully saturated rings. The molecule has 0 atom stereocenters. The lowest BCUT2D eigenvalue weighted by atomic mass is 10.1. The summed E-state index contributed by atoms with van der Waals surface area (Å²) in [7, 11) is 5.32. The molecule has 0 aliphatic heterocycles. The van der Waals surface area contributed by atoms with Gasteiger partial charge in [0.1, 0.15) is 11.8 Å². The van der Waals surface area contributed by atoms with E-state index < -0.39 is 0 Å². The Morgan fingerprint density at radius 2 is 1.88 bits per heavy atom. The molecule has 4 aromatic rings. The number of thioether (sulfide) groups is 1. The minimum Gasteiger partial charge on any atom is -0.494 e. The zero-order valence-corrected chi connectivity index (χ0v) is 24.8. The molecule has 1 aromatic heterocycles. The molecule has 4 rings (SSSR count). The number of aromatic nitrogens is 1. The second-order valence-electron chi connectivity index (χ2n) is 9.35. The Balaban J connectivity index is 1.57. The summed E-state index contributed by atoms with van der Waals surface area (Å²) in [6.07, 6.45) is 4.67. The smallest absolute Gasteiger partial charge is 0.248 e. The minimum absolute atomic E-state index is 0.182. The molecule has 1 heterocycles. The van der Waals surface area contributed by atoms with Crippen molar-refractivity contribution in [3.8, 4) is 11.8 Å². The molecule has 11 heteroatoms. The number of carbonyl (C=O) groups is 2. The number of nitrogens with one attached hydrogen (secondary N) is 3. The zero-order valence-electron chi connectivity index (χ0n) is 23.3. The van der Waals surface area contributed by atoms with E-state index in [1.54, 1.807) is 36.4 Å². The standard InChI is InChI=1S/C31H29ClN6O3S/c1-38(2)13-7-10-29(39)37-27-15-23-26(16-28(27)41-3)34-18-20(17-33)31(23)35-21-11-12-25(24(32)14-21)36-30(40)19-42-22-8-5-4-6-9-22/h4-12,14-16,18H,13,19H2,1-3H3,(H,34,35)(H,36,40)(H,37,39). The Hall–Kier alpha value is -4.56. The van der Waals surface area contributed by atoms with Gasteiger partial charge in [0, 0.05) is 40.9 Å². The zero-order chi connectivity index (χ0) is 30.1. The highest BCUT2D eigenvalue weighted by atomic mass is 35.5. The third-order valence-corrected chi connectivity index (χ3v) is 7.26. The quantitative estimate of drug-likeness (QED) is 0.136. The summed E-state index contributed by atoms with van der Waals surface area (Å²) in [6, 6.07) is 20.3. The van der Waals surface area contributed by atoms with Crippen LogP contribution in [0.15, 0.2) is 83.9 Å². The van der Waals surface area contributed by atoms with Crippen LogP contribution in [0.1, 0.15) is 5.56 Å². The fraction of sp³-hybridized carbons (Fsp3) is 0.161. The van der Waals surface area contributed by atoms with Crippen LogP contribution in [0.5, 0.6) is 5.75 Å². The molecule has 0 aliphatic carbocycles. The van der Waals surface area contributed by atoms with E-state index in [-0.39, 0.29) is 17.6 Å². The number of ether oxygens (including phenoxy) is 1. The van der Waals surface area contributed by atoms with Crippen LogP contribution in [0.4, 0.5) is 22.7 Å². The van der Waals surface area contributed by atoms with E-state index in [0.717, 1.165) is 4.90 Å². The van der Waals surface area contributed by atoms with Crippen LogP contribution in [0.3, 0.4) is 0 Å². The van der Waals surface area contributed by atoms with E-state index in [1.807, 2.05) is 49.3 Å². The fourth-order valence-corrected chi connectivity index (χ4v) is 4.89. The number of fused-ring (bicyclic) bond motifs is 1. The van der Waals surface area contributed by atoms with Crippen molar-refractivity contribution >= 4 is 68.8 Å². The maximum atomic E-state index is 12.6. The molecule has 214 valence electrons. The number of halogens is 1. The van der Waals surface area contributed by atoms with Gasteiger partial charge < -0.3 is 25.6 Å². The van der Waals surface area contributed by atoms with Crippen LogP contribution in [-0.4, -0.2) is 55.2 Å². The number of hydrogen-bond acceptors (Lipinski definition) is 8. The summed E-state index contributed by atoms with van der Waals surface area (Å²) in [5.74, 6) is 0.162. The molecule has 9 nitrogen and oxygen atoms in total. The lowest BCUT2D eigenvalue weighted by Crippen LogP contribution is -2.14. The topological polar surface area (TPSA) is 119 Å². The molecule has 3 aromatic carbocycles. The molecule has 0 spiro atoms. The average Bonchev–Trinajstić information content (AvgIpc) is 2.97. The van der Waals surface area contributed by atoms with E-state index >= 15 is 0 Å². The number of nitrogens with zero attached hydrogens (tertiary/aromatic N) is 3. The van der Waals surface area contributed by atoms with E-state index in [2.05, 4.69) is 27.0 Å². The lowest BCUT2D eigenvalue weighted by Gasteiger charge is -2.16. The predicted molar refractivity (Wildman–Crippen MR) is 170 cm³/mol. The number of rotatable bonds is 11. The Labute approximate surface area is 253 Å². The fourth-order valence-electron chi connectivity index (χ4n) is 3.94. The molecular formula is C31H29ClN6O3S. The van der Waals surface area contributed by atoms with Crippen molar-refractivity contribution in [1.29, 1.82) is 5.26 Å². The molecule has 0 aliphatic rings. The van der Waals surface area contributed by atoms with Crippen molar-refractivity contribution in [2.45, 2.75) is 4.90 Å². The summed E-state index contributed by atoms with van der Waals surface area (Å²) in [4.78, 5) is 32.4. The van der Waals surface area contributed by atoms with Crippen molar-refractivity contribution in [3.63, 3.8) is 0 Å². The number of pyridine rings is 1. The van der Waals surface area contributed by atoms with E-state index in [0.29, 0.717) is 56.5 Å². The average molecular weight is 601 g/mol. The van der Waals surface area contributed by atoms with E-state index in [1.165, 1.54) is 31.1 Å². The monoisotopic (exact) mass is 600 g/mol. The number of benzene rings is 3. The SMILES string of the molecule is COc1cc2ncc(C#N)c(Nc3ccc(NC(=O)CSc4ccccc4)c(Cl)c3)c2cc1NC(=O)C=CCN(C)C. The highest BCUT2D eigenvalue weighted by Crippen LogP contribution is 2.37.